The number of rotatable bonds is 2. The van der Waals surface area contributed by atoms with E-state index in [9.17, 15) is 0 Å². The van der Waals surface area contributed by atoms with Crippen LogP contribution in [0.25, 0.3) is 0 Å². The van der Waals surface area contributed by atoms with Crippen LogP contribution in [0.4, 0.5) is 0 Å². The summed E-state index contributed by atoms with van der Waals surface area (Å²) in [5.74, 6) is -0.104. The molecular formula is C14H11CsN2O. The molecule has 0 aliphatic rings. The Bertz CT molecular complexity index is 477. The van der Waals surface area contributed by atoms with Gasteiger partial charge in [-0.25, -0.2) is 0 Å². The topological polar surface area (TPSA) is 56.9 Å². The van der Waals surface area contributed by atoms with Crippen LogP contribution in [-0.2, 0) is 4.74 Å². The predicted molar refractivity (Wildman–Crippen MR) is 66.5 cm³/mol. The molecule has 0 amide bonds. The predicted octanol–water partition coefficient (Wildman–Crippen LogP) is -0.142. The van der Waals surface area contributed by atoms with E-state index < -0.39 is 0 Å². The number of benzene rings is 2. The van der Waals surface area contributed by atoms with E-state index in [1.54, 1.807) is 30.3 Å². The second-order valence-electron chi connectivity index (χ2n) is 3.40. The molecule has 0 aliphatic heterocycles. The summed E-state index contributed by atoms with van der Waals surface area (Å²) in [6, 6.07) is 19.0. The van der Waals surface area contributed by atoms with E-state index in [-0.39, 0.29) is 80.7 Å². The van der Waals surface area contributed by atoms with Crippen molar-refractivity contribution in [3.63, 3.8) is 0 Å². The minimum absolute atomic E-state index is 0. The molecule has 84 valence electrons. The summed E-state index contributed by atoms with van der Waals surface area (Å²) >= 11 is 0. The van der Waals surface area contributed by atoms with Crippen LogP contribution in [-0.4, -0.2) is 11.8 Å². The van der Waals surface area contributed by atoms with Crippen LogP contribution in [0.15, 0.2) is 54.6 Å². The molecule has 0 fully saturated rings. The maximum Gasteiger partial charge on any atom is 1.00 e. The molecule has 2 N–H and O–H groups in total. The van der Waals surface area contributed by atoms with Gasteiger partial charge in [0, 0.05) is 5.56 Å². The summed E-state index contributed by atoms with van der Waals surface area (Å²) < 4.78 is 5.16. The van der Waals surface area contributed by atoms with Gasteiger partial charge in [-0.3, -0.25) is 5.41 Å². The molecule has 0 radical (unpaired) electrons. The molecule has 2 rings (SSSR count). The van der Waals surface area contributed by atoms with Crippen LogP contribution in [0.5, 0.6) is 0 Å². The molecule has 4 heteroatoms. The number of hydrogen-bond donors (Lipinski definition) is 2. The first kappa shape index (κ1) is 15.7. The standard InChI is InChI=1S/C14H11N2O.Cs/c15-13(11-7-3-1-4-8-11)17-14(16)12-9-5-2-6-10-12;/h1-9,15-16H;/q-1;+1. The Morgan fingerprint density at radius 3 is 2.17 bits per heavy atom. The summed E-state index contributed by atoms with van der Waals surface area (Å²) in [5, 5.41) is 15.4. The minimum Gasteiger partial charge on any atom is -0.468 e. The van der Waals surface area contributed by atoms with Crippen LogP contribution in [0.2, 0.25) is 0 Å². The van der Waals surface area contributed by atoms with Crippen molar-refractivity contribution in [2.45, 2.75) is 0 Å². The average Bonchev–Trinajstić information content (AvgIpc) is 2.40. The maximum atomic E-state index is 7.73. The Balaban J connectivity index is 0.00000162. The zero-order valence-electron chi connectivity index (χ0n) is 10.1. The monoisotopic (exact) mass is 356 g/mol. The number of hydrogen-bond acceptors (Lipinski definition) is 3. The van der Waals surface area contributed by atoms with Gasteiger partial charge in [0.25, 0.3) is 0 Å². The maximum absolute atomic E-state index is 7.73. The van der Waals surface area contributed by atoms with Gasteiger partial charge in [-0.2, -0.15) is 0 Å². The first-order valence-electron chi connectivity index (χ1n) is 5.15. The molecule has 0 aliphatic carbocycles. The average molecular weight is 356 g/mol. The van der Waals surface area contributed by atoms with Crippen LogP contribution in [0, 0.1) is 16.9 Å². The fourth-order valence-corrected chi connectivity index (χ4v) is 1.34. The quantitative estimate of drug-likeness (QED) is 0.439. The van der Waals surface area contributed by atoms with Gasteiger partial charge in [0.15, 0.2) is 0 Å². The van der Waals surface area contributed by atoms with E-state index in [2.05, 4.69) is 6.07 Å². The molecule has 2 aromatic rings. The molecule has 0 aromatic heterocycles. The summed E-state index contributed by atoms with van der Waals surface area (Å²) in [6.07, 6.45) is 0. The molecule has 18 heavy (non-hydrogen) atoms. The summed E-state index contributed by atoms with van der Waals surface area (Å²) in [7, 11) is 0. The van der Waals surface area contributed by atoms with Gasteiger partial charge >= 0.3 is 68.9 Å². The fourth-order valence-electron chi connectivity index (χ4n) is 1.34. The number of nitrogens with one attached hydrogen (secondary N) is 2. The normalized spacial score (nSPS) is 9.11. The van der Waals surface area contributed by atoms with E-state index >= 15 is 0 Å². The Morgan fingerprint density at radius 1 is 0.889 bits per heavy atom. The summed E-state index contributed by atoms with van der Waals surface area (Å²) in [4.78, 5) is 0. The van der Waals surface area contributed by atoms with Crippen molar-refractivity contribution < 1.29 is 73.6 Å². The van der Waals surface area contributed by atoms with Gasteiger partial charge in [0.2, 0.25) is 5.90 Å². The largest absolute Gasteiger partial charge is 1.00 e. The van der Waals surface area contributed by atoms with Crippen molar-refractivity contribution in [1.82, 2.24) is 0 Å². The first-order chi connectivity index (χ1) is 8.27. The Kier molecular flexibility index (Phi) is 6.92. The van der Waals surface area contributed by atoms with E-state index in [1.165, 1.54) is 0 Å². The molecule has 0 saturated heterocycles. The molecule has 0 heterocycles. The van der Waals surface area contributed by atoms with Crippen molar-refractivity contribution in [1.29, 1.82) is 10.8 Å². The van der Waals surface area contributed by atoms with Crippen LogP contribution in [0.1, 0.15) is 11.1 Å². The Labute approximate surface area is 165 Å². The second kappa shape index (κ2) is 7.93. The third-order valence-corrected chi connectivity index (χ3v) is 2.19. The van der Waals surface area contributed by atoms with Crippen LogP contribution in [0.3, 0.4) is 0 Å². The zero-order valence-corrected chi connectivity index (χ0v) is 16.4. The molecule has 0 unspecified atom stereocenters. The van der Waals surface area contributed by atoms with E-state index in [0.717, 1.165) is 0 Å². The molecule has 0 saturated carbocycles. The fraction of sp³-hybridized carbons (Fsp3) is 0. The van der Waals surface area contributed by atoms with Crippen molar-refractivity contribution in [2.24, 2.45) is 0 Å². The van der Waals surface area contributed by atoms with Crippen LogP contribution < -0.4 is 68.9 Å². The molecule has 2 aromatic carbocycles. The van der Waals surface area contributed by atoms with Gasteiger partial charge in [0.1, 0.15) is 5.90 Å². The van der Waals surface area contributed by atoms with E-state index in [0.29, 0.717) is 11.1 Å². The SMILES string of the molecule is N=C(OC(=N)c1ccccc1)c1[c-]cccc1.[Cs+]. The smallest absolute Gasteiger partial charge is 0.468 e. The van der Waals surface area contributed by atoms with Crippen molar-refractivity contribution in [3.05, 3.63) is 71.8 Å². The molecule has 0 atom stereocenters. The zero-order chi connectivity index (χ0) is 12.1. The third-order valence-electron chi connectivity index (χ3n) is 2.19. The summed E-state index contributed by atoms with van der Waals surface area (Å²) in [6.45, 7) is 0. The summed E-state index contributed by atoms with van der Waals surface area (Å²) in [5.41, 5.74) is 1.18. The van der Waals surface area contributed by atoms with Gasteiger partial charge in [-0.05, 0) is 12.1 Å². The first-order valence-corrected chi connectivity index (χ1v) is 5.15. The Morgan fingerprint density at radius 2 is 1.56 bits per heavy atom. The molecular weight excluding hydrogens is 345 g/mol. The van der Waals surface area contributed by atoms with Crippen molar-refractivity contribution >= 4 is 11.8 Å². The third kappa shape index (κ3) is 4.38. The number of ether oxygens (including phenoxy) is 1. The molecule has 0 bridgehead atoms. The van der Waals surface area contributed by atoms with Gasteiger partial charge < -0.3 is 10.1 Å². The van der Waals surface area contributed by atoms with Crippen molar-refractivity contribution in [2.75, 3.05) is 0 Å². The molecule has 0 spiro atoms. The van der Waals surface area contributed by atoms with Gasteiger partial charge in [-0.15, -0.1) is 30.3 Å². The van der Waals surface area contributed by atoms with Crippen LogP contribution >= 0.6 is 0 Å². The minimum atomic E-state index is -0.0700. The van der Waals surface area contributed by atoms with E-state index in [4.69, 9.17) is 15.6 Å². The Hall–Kier alpha value is -0.368. The van der Waals surface area contributed by atoms with Gasteiger partial charge in [-0.1, -0.05) is 23.8 Å². The molecule has 3 nitrogen and oxygen atoms in total. The van der Waals surface area contributed by atoms with E-state index in [1.807, 2.05) is 24.3 Å². The van der Waals surface area contributed by atoms with Crippen molar-refractivity contribution in [3.8, 4) is 0 Å². The van der Waals surface area contributed by atoms with Gasteiger partial charge in [0.05, 0.1) is 0 Å². The second-order valence-corrected chi connectivity index (χ2v) is 3.40.